The van der Waals surface area contributed by atoms with E-state index in [0.717, 1.165) is 42.9 Å². The van der Waals surface area contributed by atoms with Gasteiger partial charge in [-0.25, -0.2) is 0 Å². The molecule has 23 heavy (non-hydrogen) atoms. The number of carbonyl (C=O) groups excluding carboxylic acids is 1. The second kappa shape index (κ2) is 6.02. The van der Waals surface area contributed by atoms with Gasteiger partial charge >= 0.3 is 0 Å². The van der Waals surface area contributed by atoms with E-state index in [1.807, 2.05) is 6.92 Å². The second-order valence-corrected chi connectivity index (χ2v) is 7.30. The van der Waals surface area contributed by atoms with Gasteiger partial charge in [-0.2, -0.15) is 0 Å². The zero-order valence-corrected chi connectivity index (χ0v) is 14.0. The predicted octanol–water partition coefficient (Wildman–Crippen LogP) is 2.05. The highest BCUT2D eigenvalue weighted by molar-refractivity contribution is 7.05. The summed E-state index contributed by atoms with van der Waals surface area (Å²) in [6.07, 6.45) is 3.01. The van der Waals surface area contributed by atoms with Crippen molar-refractivity contribution in [2.75, 3.05) is 0 Å². The lowest BCUT2D eigenvalue weighted by Gasteiger charge is -2.35. The van der Waals surface area contributed by atoms with Crippen LogP contribution in [0.1, 0.15) is 34.5 Å². The molecule has 2 aliphatic rings. The molecule has 1 aromatic carbocycles. The lowest BCUT2D eigenvalue weighted by atomic mass is 9.93. The van der Waals surface area contributed by atoms with Crippen LogP contribution in [0.25, 0.3) is 0 Å². The number of benzene rings is 1. The van der Waals surface area contributed by atoms with Crippen molar-refractivity contribution >= 4 is 17.4 Å². The number of fused-ring (bicyclic) bond motifs is 1. The zero-order valence-electron chi connectivity index (χ0n) is 13.2. The number of hydrogen-bond acceptors (Lipinski definition) is 5. The number of nitrogens with one attached hydrogen (secondary N) is 1. The van der Waals surface area contributed by atoms with Crippen LogP contribution >= 0.6 is 11.5 Å². The van der Waals surface area contributed by atoms with Crippen molar-refractivity contribution in [2.24, 2.45) is 0 Å². The molecular weight excluding hydrogens is 308 g/mol. The van der Waals surface area contributed by atoms with Gasteiger partial charge in [0.15, 0.2) is 0 Å². The third-order valence-corrected chi connectivity index (χ3v) is 5.47. The third kappa shape index (κ3) is 3.14. The van der Waals surface area contributed by atoms with Crippen LogP contribution in [0.15, 0.2) is 24.3 Å². The molecule has 2 heterocycles. The maximum absolute atomic E-state index is 12.7. The second-order valence-electron chi connectivity index (χ2n) is 6.46. The first-order valence-electron chi connectivity index (χ1n) is 8.10. The molecule has 1 aliphatic carbocycles. The van der Waals surface area contributed by atoms with Gasteiger partial charge in [0.2, 0.25) is 5.91 Å². The Labute approximate surface area is 139 Å². The largest absolute Gasteiger partial charge is 0.352 e. The topological polar surface area (TPSA) is 58.1 Å². The molecule has 0 bridgehead atoms. The van der Waals surface area contributed by atoms with Gasteiger partial charge in [0.25, 0.3) is 0 Å². The van der Waals surface area contributed by atoms with E-state index >= 15 is 0 Å². The summed E-state index contributed by atoms with van der Waals surface area (Å²) in [5.74, 6) is 0.164. The van der Waals surface area contributed by atoms with Crippen LogP contribution in [0.3, 0.4) is 0 Å². The number of carbonyl (C=O) groups is 1. The Balaban J connectivity index is 1.59. The van der Waals surface area contributed by atoms with Crippen molar-refractivity contribution in [3.63, 3.8) is 0 Å². The van der Waals surface area contributed by atoms with Gasteiger partial charge in [-0.15, -0.1) is 5.10 Å². The number of nitrogens with zero attached hydrogens (tertiary/aromatic N) is 3. The number of aryl methyl sites for hydroxylation is 1. The zero-order chi connectivity index (χ0) is 15.8. The van der Waals surface area contributed by atoms with E-state index in [1.54, 1.807) is 0 Å². The van der Waals surface area contributed by atoms with Crippen molar-refractivity contribution < 1.29 is 4.79 Å². The van der Waals surface area contributed by atoms with E-state index in [1.165, 1.54) is 22.7 Å². The predicted molar refractivity (Wildman–Crippen MR) is 89.0 cm³/mol. The van der Waals surface area contributed by atoms with Crippen molar-refractivity contribution in [3.05, 3.63) is 46.0 Å². The first kappa shape index (κ1) is 14.8. The molecular formula is C17H20N4OS. The Morgan fingerprint density at radius 1 is 1.35 bits per heavy atom. The normalized spacial score (nSPS) is 21.0. The van der Waals surface area contributed by atoms with Gasteiger partial charge in [-0.3, -0.25) is 9.69 Å². The summed E-state index contributed by atoms with van der Waals surface area (Å²) in [4.78, 5) is 16.1. The lowest BCUT2D eigenvalue weighted by Crippen LogP contribution is -2.50. The molecule has 1 fully saturated rings. The minimum absolute atomic E-state index is 0.105. The Morgan fingerprint density at radius 3 is 2.83 bits per heavy atom. The van der Waals surface area contributed by atoms with Gasteiger partial charge < -0.3 is 5.32 Å². The van der Waals surface area contributed by atoms with Crippen LogP contribution in [-0.2, 0) is 24.3 Å². The summed E-state index contributed by atoms with van der Waals surface area (Å²) in [5.41, 5.74) is 3.58. The smallest absolute Gasteiger partial charge is 0.237 e. The van der Waals surface area contributed by atoms with E-state index in [9.17, 15) is 4.79 Å². The highest BCUT2D eigenvalue weighted by atomic mass is 32.1. The fourth-order valence-electron chi connectivity index (χ4n) is 3.11. The number of amides is 1. The molecule has 2 aromatic rings. The summed E-state index contributed by atoms with van der Waals surface area (Å²) >= 11 is 1.43. The highest BCUT2D eigenvalue weighted by Gasteiger charge is 2.34. The van der Waals surface area contributed by atoms with Crippen molar-refractivity contribution in [3.8, 4) is 0 Å². The fraction of sp³-hybridized carbons (Fsp3) is 0.471. The van der Waals surface area contributed by atoms with Crippen LogP contribution < -0.4 is 5.32 Å². The minimum Gasteiger partial charge on any atom is -0.352 e. The van der Waals surface area contributed by atoms with E-state index < -0.39 is 0 Å². The average molecular weight is 328 g/mol. The molecule has 0 saturated heterocycles. The summed E-state index contributed by atoms with van der Waals surface area (Å²) in [5, 5.41) is 7.27. The van der Waals surface area contributed by atoms with E-state index in [4.69, 9.17) is 0 Å². The molecule has 4 rings (SSSR count). The molecule has 6 heteroatoms. The molecule has 1 aliphatic heterocycles. The summed E-state index contributed by atoms with van der Waals surface area (Å²) in [7, 11) is 0. The van der Waals surface area contributed by atoms with Crippen LogP contribution in [0.4, 0.5) is 0 Å². The minimum atomic E-state index is -0.105. The molecule has 1 saturated carbocycles. The van der Waals surface area contributed by atoms with Crippen molar-refractivity contribution in [1.29, 1.82) is 0 Å². The summed E-state index contributed by atoms with van der Waals surface area (Å²) in [6.45, 7) is 3.52. The van der Waals surface area contributed by atoms with Crippen LogP contribution in [-0.4, -0.2) is 32.5 Å². The number of aromatic nitrogens is 2. The van der Waals surface area contributed by atoms with E-state index in [0.29, 0.717) is 6.04 Å². The molecule has 1 N–H and O–H groups in total. The van der Waals surface area contributed by atoms with Crippen molar-refractivity contribution in [1.82, 2.24) is 19.8 Å². The Kier molecular flexibility index (Phi) is 3.87. The first-order chi connectivity index (χ1) is 11.2. The molecule has 1 aromatic heterocycles. The molecule has 120 valence electrons. The van der Waals surface area contributed by atoms with Gasteiger partial charge in [-0.05, 0) is 48.8 Å². The average Bonchev–Trinajstić information content (AvgIpc) is 3.28. The quantitative estimate of drug-likeness (QED) is 0.933. The molecule has 0 radical (unpaired) electrons. The van der Waals surface area contributed by atoms with Crippen LogP contribution in [0.2, 0.25) is 0 Å². The van der Waals surface area contributed by atoms with Gasteiger partial charge in [-0.1, -0.05) is 28.8 Å². The third-order valence-electron chi connectivity index (χ3n) is 4.66. The van der Waals surface area contributed by atoms with Crippen LogP contribution in [0.5, 0.6) is 0 Å². The molecule has 1 atom stereocenters. The SMILES string of the molecule is Cc1nnsc1CN1Cc2ccccc2C[C@@H]1C(=O)NC1CC1. The van der Waals surface area contributed by atoms with Gasteiger partial charge in [0, 0.05) is 19.1 Å². The maximum atomic E-state index is 12.7. The highest BCUT2D eigenvalue weighted by Crippen LogP contribution is 2.27. The standard InChI is InChI=1S/C17H20N4OS/c1-11-16(23-20-19-11)10-21-9-13-5-3-2-4-12(13)8-15(21)17(22)18-14-6-7-14/h2-5,14-15H,6-10H2,1H3,(H,18,22)/t15-/m1/s1. The van der Waals surface area contributed by atoms with Gasteiger partial charge in [0.1, 0.15) is 0 Å². The summed E-state index contributed by atoms with van der Waals surface area (Å²) < 4.78 is 4.02. The Morgan fingerprint density at radius 2 is 2.13 bits per heavy atom. The van der Waals surface area contributed by atoms with Crippen molar-refractivity contribution in [2.45, 2.75) is 51.4 Å². The van der Waals surface area contributed by atoms with Gasteiger partial charge in [0.05, 0.1) is 16.6 Å². The Bertz CT molecular complexity index is 725. The fourth-order valence-corrected chi connectivity index (χ4v) is 3.77. The number of hydrogen-bond donors (Lipinski definition) is 1. The van der Waals surface area contributed by atoms with Crippen LogP contribution in [0, 0.1) is 6.92 Å². The first-order valence-corrected chi connectivity index (χ1v) is 8.87. The number of rotatable bonds is 4. The van der Waals surface area contributed by atoms with E-state index in [2.05, 4.69) is 44.1 Å². The molecule has 0 unspecified atom stereocenters. The van der Waals surface area contributed by atoms with E-state index in [-0.39, 0.29) is 11.9 Å². The molecule has 5 nitrogen and oxygen atoms in total. The molecule has 1 amide bonds. The maximum Gasteiger partial charge on any atom is 0.237 e. The lowest BCUT2D eigenvalue weighted by molar-refractivity contribution is -0.127. The monoisotopic (exact) mass is 328 g/mol. The Hall–Kier alpha value is -1.79. The molecule has 0 spiro atoms. The summed E-state index contributed by atoms with van der Waals surface area (Å²) in [6, 6.07) is 8.72.